The van der Waals surface area contributed by atoms with E-state index in [0.717, 1.165) is 5.56 Å². The van der Waals surface area contributed by atoms with Crippen LogP contribution in [0.25, 0.3) is 0 Å². The zero-order valence-electron chi connectivity index (χ0n) is 12.1. The number of carbonyl (C=O) groups is 1. The minimum atomic E-state index is -1.02. The van der Waals surface area contributed by atoms with Crippen LogP contribution >= 0.6 is 11.6 Å². The summed E-state index contributed by atoms with van der Waals surface area (Å²) in [6, 6.07) is 11.9. The summed E-state index contributed by atoms with van der Waals surface area (Å²) in [5.41, 5.74) is 4.88. The molecule has 0 aromatic heterocycles. The Morgan fingerprint density at radius 2 is 2.00 bits per heavy atom. The molecular formula is C16H15ClN2O3. The molecule has 0 heterocycles. The molecule has 0 amide bonds. The number of nitrogens with zero attached hydrogens (tertiary/aromatic N) is 1. The van der Waals surface area contributed by atoms with Gasteiger partial charge in [0.25, 0.3) is 0 Å². The summed E-state index contributed by atoms with van der Waals surface area (Å²) in [6.07, 6.45) is 0. The Hall–Kier alpha value is -2.53. The van der Waals surface area contributed by atoms with E-state index in [9.17, 15) is 4.79 Å². The van der Waals surface area contributed by atoms with E-state index in [-0.39, 0.29) is 5.56 Å². The average Bonchev–Trinajstić information content (AvgIpc) is 2.53. The Bertz CT molecular complexity index is 729. The van der Waals surface area contributed by atoms with Crippen molar-refractivity contribution >= 4 is 29.0 Å². The van der Waals surface area contributed by atoms with Crippen molar-refractivity contribution in [2.75, 3.05) is 12.5 Å². The molecule has 0 atom stereocenters. The Morgan fingerprint density at radius 1 is 1.27 bits per heavy atom. The quantitative estimate of drug-likeness (QED) is 0.648. The SMILES string of the molecule is COc1ccccc1/C(C)=N\Nc1cc(C(=O)O)ccc1Cl. The predicted octanol–water partition coefficient (Wildman–Crippen LogP) is 3.88. The lowest BCUT2D eigenvalue weighted by molar-refractivity contribution is 0.0697. The largest absolute Gasteiger partial charge is 0.496 e. The first kappa shape index (κ1) is 15.9. The molecule has 0 fully saturated rings. The third-order valence-electron chi connectivity index (χ3n) is 3.05. The van der Waals surface area contributed by atoms with Crippen molar-refractivity contribution < 1.29 is 14.6 Å². The Labute approximate surface area is 133 Å². The van der Waals surface area contributed by atoms with E-state index < -0.39 is 5.97 Å². The van der Waals surface area contributed by atoms with Gasteiger partial charge < -0.3 is 9.84 Å². The summed E-state index contributed by atoms with van der Waals surface area (Å²) in [5.74, 6) is -0.318. The fourth-order valence-corrected chi connectivity index (χ4v) is 2.05. The molecule has 2 aromatic rings. The zero-order valence-corrected chi connectivity index (χ0v) is 12.9. The Morgan fingerprint density at radius 3 is 2.68 bits per heavy atom. The zero-order chi connectivity index (χ0) is 16.1. The third-order valence-corrected chi connectivity index (χ3v) is 3.38. The van der Waals surface area contributed by atoms with Crippen molar-refractivity contribution in [3.05, 3.63) is 58.6 Å². The fraction of sp³-hybridized carbons (Fsp3) is 0.125. The van der Waals surface area contributed by atoms with E-state index in [4.69, 9.17) is 21.4 Å². The van der Waals surface area contributed by atoms with Gasteiger partial charge in [-0.1, -0.05) is 23.7 Å². The Kier molecular flexibility index (Phi) is 5.01. The van der Waals surface area contributed by atoms with E-state index in [1.54, 1.807) is 7.11 Å². The van der Waals surface area contributed by atoms with Crippen LogP contribution in [0, 0.1) is 0 Å². The van der Waals surface area contributed by atoms with Gasteiger partial charge in [-0.3, -0.25) is 5.43 Å². The summed E-state index contributed by atoms with van der Waals surface area (Å²) in [7, 11) is 1.59. The van der Waals surface area contributed by atoms with Gasteiger partial charge in [-0.05, 0) is 37.3 Å². The molecule has 0 bridgehead atoms. The molecule has 0 aliphatic carbocycles. The molecular weight excluding hydrogens is 304 g/mol. The number of hydrazone groups is 1. The summed E-state index contributed by atoms with van der Waals surface area (Å²) in [5, 5.41) is 13.6. The fourth-order valence-electron chi connectivity index (χ4n) is 1.89. The van der Waals surface area contributed by atoms with Crippen LogP contribution in [0.5, 0.6) is 5.75 Å². The second kappa shape index (κ2) is 6.95. The smallest absolute Gasteiger partial charge is 0.335 e. The second-order valence-electron chi connectivity index (χ2n) is 4.51. The van der Waals surface area contributed by atoms with Crippen LogP contribution in [-0.4, -0.2) is 23.9 Å². The van der Waals surface area contributed by atoms with Gasteiger partial charge in [-0.15, -0.1) is 0 Å². The molecule has 5 nitrogen and oxygen atoms in total. The van der Waals surface area contributed by atoms with Gasteiger partial charge >= 0.3 is 5.97 Å². The van der Waals surface area contributed by atoms with Gasteiger partial charge in [0.15, 0.2) is 0 Å². The van der Waals surface area contributed by atoms with Gasteiger partial charge in [0.05, 0.1) is 29.1 Å². The van der Waals surface area contributed by atoms with Crippen LogP contribution in [-0.2, 0) is 0 Å². The van der Waals surface area contributed by atoms with Crippen molar-refractivity contribution in [3.63, 3.8) is 0 Å². The standard InChI is InChI=1S/C16H15ClN2O3/c1-10(12-5-3-4-6-15(12)22-2)18-19-14-9-11(16(20)21)7-8-13(14)17/h3-9,19H,1-2H3,(H,20,21)/b18-10-. The molecule has 114 valence electrons. The summed E-state index contributed by atoms with van der Waals surface area (Å²) in [6.45, 7) is 1.82. The number of nitrogens with one attached hydrogen (secondary N) is 1. The topological polar surface area (TPSA) is 70.9 Å². The maximum absolute atomic E-state index is 11.0. The van der Waals surface area contributed by atoms with Crippen molar-refractivity contribution in [2.24, 2.45) is 5.10 Å². The minimum Gasteiger partial charge on any atom is -0.496 e. The van der Waals surface area contributed by atoms with Crippen LogP contribution in [0.3, 0.4) is 0 Å². The van der Waals surface area contributed by atoms with Crippen molar-refractivity contribution in [2.45, 2.75) is 6.92 Å². The first-order valence-corrected chi connectivity index (χ1v) is 6.87. The lowest BCUT2D eigenvalue weighted by atomic mass is 10.1. The maximum Gasteiger partial charge on any atom is 0.335 e. The number of methoxy groups -OCH3 is 1. The molecule has 0 saturated carbocycles. The number of hydrogen-bond acceptors (Lipinski definition) is 4. The van der Waals surface area contributed by atoms with E-state index >= 15 is 0 Å². The van der Waals surface area contributed by atoms with Crippen LogP contribution < -0.4 is 10.2 Å². The highest BCUT2D eigenvalue weighted by molar-refractivity contribution is 6.33. The van der Waals surface area contributed by atoms with Gasteiger partial charge in [-0.2, -0.15) is 5.10 Å². The molecule has 0 unspecified atom stereocenters. The molecule has 0 spiro atoms. The molecule has 2 aromatic carbocycles. The monoisotopic (exact) mass is 318 g/mol. The van der Waals surface area contributed by atoms with Crippen molar-refractivity contribution in [1.82, 2.24) is 0 Å². The van der Waals surface area contributed by atoms with Crippen LogP contribution in [0.1, 0.15) is 22.8 Å². The Balaban J connectivity index is 2.28. The van der Waals surface area contributed by atoms with E-state index in [1.807, 2.05) is 31.2 Å². The van der Waals surface area contributed by atoms with Gasteiger partial charge in [-0.25, -0.2) is 4.79 Å². The number of carboxylic acid groups (broad SMARTS) is 1. The lowest BCUT2D eigenvalue weighted by Crippen LogP contribution is -2.03. The number of anilines is 1. The van der Waals surface area contributed by atoms with E-state index in [0.29, 0.717) is 22.2 Å². The second-order valence-corrected chi connectivity index (χ2v) is 4.92. The molecule has 22 heavy (non-hydrogen) atoms. The lowest BCUT2D eigenvalue weighted by Gasteiger charge is -2.09. The minimum absolute atomic E-state index is 0.136. The van der Waals surface area contributed by atoms with Crippen LogP contribution in [0.2, 0.25) is 5.02 Å². The number of ether oxygens (including phenoxy) is 1. The first-order chi connectivity index (χ1) is 10.5. The number of para-hydroxylation sites is 1. The van der Waals surface area contributed by atoms with E-state index in [2.05, 4.69) is 10.5 Å². The molecule has 0 saturated heterocycles. The van der Waals surface area contributed by atoms with Crippen molar-refractivity contribution in [1.29, 1.82) is 0 Å². The number of benzene rings is 2. The number of rotatable bonds is 5. The molecule has 0 aliphatic rings. The van der Waals surface area contributed by atoms with Crippen molar-refractivity contribution in [3.8, 4) is 5.75 Å². The molecule has 6 heteroatoms. The highest BCUT2D eigenvalue weighted by Crippen LogP contribution is 2.24. The normalized spacial score (nSPS) is 11.1. The van der Waals surface area contributed by atoms with Gasteiger partial charge in [0, 0.05) is 5.56 Å². The highest BCUT2D eigenvalue weighted by Gasteiger charge is 2.08. The molecule has 0 radical (unpaired) electrons. The number of halogens is 1. The van der Waals surface area contributed by atoms with Gasteiger partial charge in [0.2, 0.25) is 0 Å². The highest BCUT2D eigenvalue weighted by atomic mass is 35.5. The first-order valence-electron chi connectivity index (χ1n) is 6.49. The number of aromatic carboxylic acids is 1. The number of carboxylic acids is 1. The summed E-state index contributed by atoms with van der Waals surface area (Å²) in [4.78, 5) is 11.0. The van der Waals surface area contributed by atoms with Crippen LogP contribution in [0.4, 0.5) is 5.69 Å². The molecule has 2 N–H and O–H groups in total. The summed E-state index contributed by atoms with van der Waals surface area (Å²) < 4.78 is 5.28. The van der Waals surface area contributed by atoms with E-state index in [1.165, 1.54) is 18.2 Å². The molecule has 0 aliphatic heterocycles. The maximum atomic E-state index is 11.0. The summed E-state index contributed by atoms with van der Waals surface area (Å²) >= 11 is 6.04. The van der Waals surface area contributed by atoms with Crippen LogP contribution in [0.15, 0.2) is 47.6 Å². The van der Waals surface area contributed by atoms with Gasteiger partial charge in [0.1, 0.15) is 5.75 Å². The average molecular weight is 319 g/mol. The number of hydrogen-bond donors (Lipinski definition) is 2. The predicted molar refractivity (Wildman–Crippen MR) is 87.2 cm³/mol. The molecule has 2 rings (SSSR count). The third kappa shape index (κ3) is 3.56.